The number of carbonyl (C=O) groups excluding carboxylic acids is 2. The third-order valence-electron chi connectivity index (χ3n) is 4.57. The second-order valence-corrected chi connectivity index (χ2v) is 6.27. The fourth-order valence-electron chi connectivity index (χ4n) is 3.40. The molecular formula is C20H22N2O2. The minimum absolute atomic E-state index is 0.0437. The first-order valence-electron chi connectivity index (χ1n) is 8.21. The second-order valence-electron chi connectivity index (χ2n) is 6.27. The van der Waals surface area contributed by atoms with Crippen molar-refractivity contribution in [1.29, 1.82) is 0 Å². The van der Waals surface area contributed by atoms with Crippen molar-refractivity contribution in [2.75, 3.05) is 22.9 Å². The van der Waals surface area contributed by atoms with Crippen LogP contribution in [0.25, 0.3) is 0 Å². The molecule has 24 heavy (non-hydrogen) atoms. The van der Waals surface area contributed by atoms with Gasteiger partial charge in [-0.05, 0) is 43.0 Å². The monoisotopic (exact) mass is 322 g/mol. The lowest BCUT2D eigenvalue weighted by molar-refractivity contribution is -0.121. The summed E-state index contributed by atoms with van der Waals surface area (Å²) >= 11 is 0. The summed E-state index contributed by atoms with van der Waals surface area (Å²) < 4.78 is 0. The molecule has 124 valence electrons. The highest BCUT2D eigenvalue weighted by molar-refractivity contribution is 6.04. The molecule has 0 bridgehead atoms. The molecule has 0 saturated heterocycles. The first kappa shape index (κ1) is 16.2. The second kappa shape index (κ2) is 6.48. The first-order valence-corrected chi connectivity index (χ1v) is 8.21. The molecule has 0 unspecified atom stereocenters. The first-order chi connectivity index (χ1) is 11.5. The van der Waals surface area contributed by atoms with Gasteiger partial charge in [0.25, 0.3) is 0 Å². The van der Waals surface area contributed by atoms with E-state index in [9.17, 15) is 9.59 Å². The Hall–Kier alpha value is -2.62. The Balaban J connectivity index is 1.88. The van der Waals surface area contributed by atoms with Crippen LogP contribution in [0.15, 0.2) is 42.5 Å². The molecule has 3 rings (SSSR count). The molecule has 0 aliphatic carbocycles. The summed E-state index contributed by atoms with van der Waals surface area (Å²) in [5, 5.41) is 0. The summed E-state index contributed by atoms with van der Waals surface area (Å²) in [4.78, 5) is 28.4. The number of rotatable bonds is 3. The predicted octanol–water partition coefficient (Wildman–Crippen LogP) is 3.25. The van der Waals surface area contributed by atoms with Crippen LogP contribution in [0.1, 0.15) is 23.6 Å². The minimum Gasteiger partial charge on any atom is -0.310 e. The SMILES string of the molecule is CC(=O)N(CC(=O)N1CCc2ccccc21)c1c(C)cccc1C. The summed E-state index contributed by atoms with van der Waals surface area (Å²) in [7, 11) is 0. The number of benzene rings is 2. The van der Waals surface area contributed by atoms with Crippen LogP contribution in [-0.2, 0) is 16.0 Å². The number of hydrogen-bond donors (Lipinski definition) is 0. The molecule has 2 amide bonds. The number of amides is 2. The fraction of sp³-hybridized carbons (Fsp3) is 0.300. The Morgan fingerprint density at radius 2 is 1.71 bits per heavy atom. The molecule has 0 fully saturated rings. The average molecular weight is 322 g/mol. The highest BCUT2D eigenvalue weighted by atomic mass is 16.2. The molecule has 4 heteroatoms. The van der Waals surface area contributed by atoms with E-state index in [0.717, 1.165) is 28.9 Å². The third kappa shape index (κ3) is 2.92. The third-order valence-corrected chi connectivity index (χ3v) is 4.57. The van der Waals surface area contributed by atoms with E-state index < -0.39 is 0 Å². The molecule has 0 radical (unpaired) electrons. The van der Waals surface area contributed by atoms with Crippen molar-refractivity contribution < 1.29 is 9.59 Å². The lowest BCUT2D eigenvalue weighted by Crippen LogP contribution is -2.42. The standard InChI is InChI=1S/C20H22N2O2/c1-14-7-6-8-15(2)20(14)22(16(3)23)13-19(24)21-12-11-17-9-4-5-10-18(17)21/h4-10H,11-13H2,1-3H3. The quantitative estimate of drug-likeness (QED) is 0.870. The highest BCUT2D eigenvalue weighted by Crippen LogP contribution is 2.29. The maximum atomic E-state index is 12.9. The maximum absolute atomic E-state index is 12.9. The van der Waals surface area contributed by atoms with Crippen LogP contribution >= 0.6 is 0 Å². The largest absolute Gasteiger partial charge is 0.310 e. The molecule has 1 aliphatic rings. The number of fused-ring (bicyclic) bond motifs is 1. The molecule has 0 atom stereocenters. The van der Waals surface area contributed by atoms with Gasteiger partial charge in [-0.3, -0.25) is 9.59 Å². The van der Waals surface area contributed by atoms with Crippen molar-refractivity contribution in [3.05, 3.63) is 59.2 Å². The normalized spacial score (nSPS) is 12.9. The van der Waals surface area contributed by atoms with Gasteiger partial charge in [-0.2, -0.15) is 0 Å². The van der Waals surface area contributed by atoms with Crippen molar-refractivity contribution in [2.24, 2.45) is 0 Å². The van der Waals surface area contributed by atoms with Crippen LogP contribution < -0.4 is 9.80 Å². The Labute approximate surface area is 142 Å². The number of carbonyl (C=O) groups is 2. The molecule has 4 nitrogen and oxygen atoms in total. The van der Waals surface area contributed by atoms with E-state index in [4.69, 9.17) is 0 Å². The van der Waals surface area contributed by atoms with Gasteiger partial charge in [0.05, 0.1) is 5.69 Å². The van der Waals surface area contributed by atoms with E-state index in [1.165, 1.54) is 12.5 Å². The molecule has 2 aromatic rings. The van der Waals surface area contributed by atoms with Gasteiger partial charge in [-0.1, -0.05) is 36.4 Å². The number of anilines is 2. The number of nitrogens with zero attached hydrogens (tertiary/aromatic N) is 2. The predicted molar refractivity (Wildman–Crippen MR) is 96.4 cm³/mol. The van der Waals surface area contributed by atoms with Crippen LogP contribution in [0.3, 0.4) is 0 Å². The van der Waals surface area contributed by atoms with Crippen LogP contribution in [-0.4, -0.2) is 24.9 Å². The van der Waals surface area contributed by atoms with Crippen LogP contribution in [0.5, 0.6) is 0 Å². The zero-order valence-corrected chi connectivity index (χ0v) is 14.4. The summed E-state index contributed by atoms with van der Waals surface area (Å²) in [5.74, 6) is -0.161. The van der Waals surface area contributed by atoms with E-state index in [1.54, 1.807) is 9.80 Å². The number of hydrogen-bond acceptors (Lipinski definition) is 2. The van der Waals surface area contributed by atoms with Gasteiger partial charge in [0.1, 0.15) is 6.54 Å². The number of para-hydroxylation sites is 2. The van der Waals surface area contributed by atoms with Crippen LogP contribution in [0.4, 0.5) is 11.4 Å². The van der Waals surface area contributed by atoms with Crippen LogP contribution in [0.2, 0.25) is 0 Å². The molecule has 0 aromatic heterocycles. The summed E-state index contributed by atoms with van der Waals surface area (Å²) in [5.41, 5.74) is 4.99. The maximum Gasteiger partial charge on any atom is 0.247 e. The van der Waals surface area contributed by atoms with E-state index in [-0.39, 0.29) is 18.4 Å². The van der Waals surface area contributed by atoms with Gasteiger partial charge in [-0.25, -0.2) is 0 Å². The Morgan fingerprint density at radius 1 is 1.04 bits per heavy atom. The van der Waals surface area contributed by atoms with E-state index in [2.05, 4.69) is 6.07 Å². The van der Waals surface area contributed by atoms with Gasteiger partial charge in [-0.15, -0.1) is 0 Å². The summed E-state index contributed by atoms with van der Waals surface area (Å²) in [6.45, 7) is 6.19. The molecular weight excluding hydrogens is 300 g/mol. The van der Waals surface area contributed by atoms with Gasteiger partial charge < -0.3 is 9.80 Å². The lowest BCUT2D eigenvalue weighted by Gasteiger charge is -2.27. The van der Waals surface area contributed by atoms with Crippen molar-refractivity contribution in [1.82, 2.24) is 0 Å². The van der Waals surface area contributed by atoms with Crippen molar-refractivity contribution in [3.8, 4) is 0 Å². The van der Waals surface area contributed by atoms with E-state index >= 15 is 0 Å². The zero-order chi connectivity index (χ0) is 17.3. The smallest absolute Gasteiger partial charge is 0.247 e. The van der Waals surface area contributed by atoms with Crippen molar-refractivity contribution in [3.63, 3.8) is 0 Å². The Morgan fingerprint density at radius 3 is 2.38 bits per heavy atom. The van der Waals surface area contributed by atoms with Gasteiger partial charge in [0.15, 0.2) is 0 Å². The van der Waals surface area contributed by atoms with Gasteiger partial charge in [0, 0.05) is 19.2 Å². The summed E-state index contributed by atoms with van der Waals surface area (Å²) in [6, 6.07) is 13.9. The topological polar surface area (TPSA) is 40.6 Å². The van der Waals surface area contributed by atoms with Gasteiger partial charge in [0.2, 0.25) is 11.8 Å². The average Bonchev–Trinajstić information content (AvgIpc) is 2.97. The molecule has 2 aromatic carbocycles. The Bertz CT molecular complexity index is 778. The van der Waals surface area contributed by atoms with Gasteiger partial charge >= 0.3 is 0 Å². The Kier molecular flexibility index (Phi) is 4.38. The lowest BCUT2D eigenvalue weighted by atomic mass is 10.1. The van der Waals surface area contributed by atoms with Crippen molar-refractivity contribution in [2.45, 2.75) is 27.2 Å². The van der Waals surface area contributed by atoms with E-state index in [0.29, 0.717) is 6.54 Å². The van der Waals surface area contributed by atoms with Crippen LogP contribution in [0, 0.1) is 13.8 Å². The minimum atomic E-state index is -0.117. The molecule has 0 saturated carbocycles. The zero-order valence-electron chi connectivity index (χ0n) is 14.4. The summed E-state index contributed by atoms with van der Waals surface area (Å²) in [6.07, 6.45) is 0.866. The fourth-order valence-corrected chi connectivity index (χ4v) is 3.40. The molecule has 1 heterocycles. The highest BCUT2D eigenvalue weighted by Gasteiger charge is 2.27. The molecule has 0 N–H and O–H groups in total. The van der Waals surface area contributed by atoms with Crippen molar-refractivity contribution >= 4 is 23.2 Å². The molecule has 1 aliphatic heterocycles. The number of aryl methyl sites for hydroxylation is 2. The molecule has 0 spiro atoms. The van der Waals surface area contributed by atoms with E-state index in [1.807, 2.05) is 50.2 Å².